The predicted octanol–water partition coefficient (Wildman–Crippen LogP) is 5.20. The van der Waals surface area contributed by atoms with Gasteiger partial charge in [0.05, 0.1) is 12.7 Å². The Hall–Kier alpha value is -2.36. The summed E-state index contributed by atoms with van der Waals surface area (Å²) in [6.07, 6.45) is 15.3. The zero-order valence-electron chi connectivity index (χ0n) is 20.0. The molecule has 2 atom stereocenters. The number of ketones is 1. The third kappa shape index (κ3) is 7.06. The van der Waals surface area contributed by atoms with Crippen LogP contribution in [-0.4, -0.2) is 42.3 Å². The summed E-state index contributed by atoms with van der Waals surface area (Å²) in [6.45, 7) is 13.1. The monoisotopic (exact) mass is 513 g/mol. The summed E-state index contributed by atoms with van der Waals surface area (Å²) in [4.78, 5) is 16.0. The third-order valence-corrected chi connectivity index (χ3v) is 6.81. The molecule has 6 heteroatoms. The highest BCUT2D eigenvalue weighted by Gasteiger charge is 2.41. The molecule has 0 aromatic heterocycles. The van der Waals surface area contributed by atoms with Gasteiger partial charge in [-0.25, -0.2) is 0 Å². The molecule has 0 saturated carbocycles. The smallest absolute Gasteiger partial charge is 0.172 e. The van der Waals surface area contributed by atoms with Gasteiger partial charge in [-0.05, 0) is 43.5 Å². The minimum atomic E-state index is -0.435. The van der Waals surface area contributed by atoms with Crippen molar-refractivity contribution >= 4 is 21.7 Å². The first-order valence-electron chi connectivity index (χ1n) is 11.5. The Kier molecular flexibility index (Phi) is 10.4. The number of rotatable bonds is 7. The van der Waals surface area contributed by atoms with Gasteiger partial charge < -0.3 is 15.4 Å². The summed E-state index contributed by atoms with van der Waals surface area (Å²) < 4.78 is 5.57. The molecule has 0 bridgehead atoms. The molecule has 1 aliphatic carbocycles. The molecule has 2 aliphatic rings. The highest BCUT2D eigenvalue weighted by Crippen LogP contribution is 2.44. The van der Waals surface area contributed by atoms with Crippen LogP contribution in [0, 0.1) is 28.6 Å². The van der Waals surface area contributed by atoms with E-state index < -0.39 is 5.41 Å². The summed E-state index contributed by atoms with van der Waals surface area (Å²) in [5, 5.41) is 9.75. The van der Waals surface area contributed by atoms with E-state index in [9.17, 15) is 4.79 Å². The van der Waals surface area contributed by atoms with Crippen LogP contribution in [0.25, 0.3) is 0 Å². The average molecular weight is 515 g/mol. The summed E-state index contributed by atoms with van der Waals surface area (Å²) >= 11 is 3.43. The van der Waals surface area contributed by atoms with Crippen LogP contribution in [0.2, 0.25) is 0 Å². The van der Waals surface area contributed by atoms with Crippen molar-refractivity contribution in [1.82, 2.24) is 4.90 Å². The number of carbonyl (C=O) groups is 1. The quantitative estimate of drug-likeness (QED) is 0.219. The summed E-state index contributed by atoms with van der Waals surface area (Å²) in [6, 6.07) is 2.01. The minimum Gasteiger partial charge on any atom is -0.401 e. The second-order valence-electron chi connectivity index (χ2n) is 8.96. The molecule has 1 heterocycles. The van der Waals surface area contributed by atoms with Gasteiger partial charge in [-0.1, -0.05) is 66.7 Å². The normalized spacial score (nSPS) is 25.0. The Balaban J connectivity index is 2.52. The fourth-order valence-corrected chi connectivity index (χ4v) is 4.42. The summed E-state index contributed by atoms with van der Waals surface area (Å²) in [7, 11) is 0. The predicted molar refractivity (Wildman–Crippen MR) is 138 cm³/mol. The second kappa shape index (κ2) is 12.8. The zero-order valence-corrected chi connectivity index (χ0v) is 21.6. The van der Waals surface area contributed by atoms with Crippen LogP contribution in [0.5, 0.6) is 0 Å². The molecule has 2 N–H and O–H groups in total. The maximum absolute atomic E-state index is 13.7. The van der Waals surface area contributed by atoms with Crippen molar-refractivity contribution < 1.29 is 9.53 Å². The number of hydrogen-bond acceptors (Lipinski definition) is 5. The van der Waals surface area contributed by atoms with Crippen molar-refractivity contribution in [2.45, 2.75) is 33.6 Å². The molecule has 2 unspecified atom stereocenters. The Bertz CT molecular complexity index is 910. The number of allylic oxidation sites excluding steroid dienone is 10. The highest BCUT2D eigenvalue weighted by molar-refractivity contribution is 9.09. The lowest BCUT2D eigenvalue weighted by Crippen LogP contribution is -2.30. The molecule has 0 amide bonds. The number of halogens is 1. The van der Waals surface area contributed by atoms with Crippen LogP contribution in [0.3, 0.4) is 0 Å². The number of nitriles is 1. The van der Waals surface area contributed by atoms with E-state index in [4.69, 9.17) is 15.7 Å². The number of nitrogens with zero attached hydrogens (tertiary/aromatic N) is 2. The Morgan fingerprint density at radius 3 is 2.76 bits per heavy atom. The van der Waals surface area contributed by atoms with Crippen molar-refractivity contribution in [3.63, 3.8) is 0 Å². The first kappa shape index (κ1) is 26.9. The molecule has 1 aliphatic heterocycles. The molecule has 2 rings (SSSR count). The SMILES string of the molecule is C=C(C#N)/C=C\C(=C/C)C1=C(N)C(C)(C)C(/C=C/N2CCCOCC2)CC(/C=C/CBr)C1=O. The lowest BCUT2D eigenvalue weighted by molar-refractivity contribution is -0.117. The molecular formula is C27H36BrN3O2. The molecule has 0 aromatic carbocycles. The molecule has 0 aromatic rings. The molecule has 5 nitrogen and oxygen atoms in total. The van der Waals surface area contributed by atoms with Crippen molar-refractivity contribution in [3.05, 3.63) is 71.7 Å². The number of alkyl halides is 1. The van der Waals surface area contributed by atoms with Gasteiger partial charge >= 0.3 is 0 Å². The van der Waals surface area contributed by atoms with Crippen LogP contribution >= 0.6 is 15.9 Å². The zero-order chi connectivity index (χ0) is 24.4. The van der Waals surface area contributed by atoms with E-state index in [0.717, 1.165) is 32.7 Å². The fourth-order valence-electron chi connectivity index (χ4n) is 4.21. The van der Waals surface area contributed by atoms with Crippen LogP contribution in [0.4, 0.5) is 0 Å². The van der Waals surface area contributed by atoms with E-state index in [0.29, 0.717) is 34.2 Å². The number of nitrogens with two attached hydrogens (primary N) is 1. The lowest BCUT2D eigenvalue weighted by atomic mass is 9.73. The minimum absolute atomic E-state index is 0.0113. The van der Waals surface area contributed by atoms with Gasteiger partial charge in [0.1, 0.15) is 0 Å². The van der Waals surface area contributed by atoms with E-state index in [-0.39, 0.29) is 17.6 Å². The van der Waals surface area contributed by atoms with Crippen LogP contribution in [-0.2, 0) is 9.53 Å². The van der Waals surface area contributed by atoms with Gasteiger partial charge in [-0.3, -0.25) is 4.79 Å². The highest BCUT2D eigenvalue weighted by atomic mass is 79.9. The van der Waals surface area contributed by atoms with Crippen LogP contribution < -0.4 is 5.73 Å². The number of carbonyl (C=O) groups excluding carboxylic acids is 1. The standard InChI is InChI=1S/C27H36BrN3O2/c1-5-21(10-9-20(2)19-29)24-25(32)22(8-6-12-28)18-23(27(3,4)26(24)30)11-14-31-13-7-16-33-17-15-31/h5-6,8-11,14,22-23H,2,7,12-13,15-18,30H2,1,3-4H3/b8-6+,10-9-,14-11+,21-5+. The lowest BCUT2D eigenvalue weighted by Gasteiger charge is -2.33. The maximum atomic E-state index is 13.7. The van der Waals surface area contributed by atoms with Crippen LogP contribution in [0.15, 0.2) is 71.7 Å². The van der Waals surface area contributed by atoms with Gasteiger partial charge in [0, 0.05) is 53.2 Å². The van der Waals surface area contributed by atoms with Gasteiger partial charge in [-0.15, -0.1) is 0 Å². The Labute approximate surface area is 207 Å². The van der Waals surface area contributed by atoms with Gasteiger partial charge in [-0.2, -0.15) is 5.26 Å². The second-order valence-corrected chi connectivity index (χ2v) is 9.61. The van der Waals surface area contributed by atoms with Crippen molar-refractivity contribution in [3.8, 4) is 6.07 Å². The van der Waals surface area contributed by atoms with E-state index in [1.54, 1.807) is 12.2 Å². The van der Waals surface area contributed by atoms with E-state index in [1.807, 2.05) is 31.2 Å². The maximum Gasteiger partial charge on any atom is 0.172 e. The van der Waals surface area contributed by atoms with E-state index in [2.05, 4.69) is 53.5 Å². The molecule has 0 spiro atoms. The van der Waals surface area contributed by atoms with Gasteiger partial charge in [0.2, 0.25) is 0 Å². The van der Waals surface area contributed by atoms with Gasteiger partial charge in [0.15, 0.2) is 5.78 Å². The Morgan fingerprint density at radius 2 is 2.09 bits per heavy atom. The van der Waals surface area contributed by atoms with Crippen molar-refractivity contribution in [2.24, 2.45) is 23.0 Å². The molecule has 178 valence electrons. The van der Waals surface area contributed by atoms with E-state index >= 15 is 0 Å². The largest absolute Gasteiger partial charge is 0.401 e. The van der Waals surface area contributed by atoms with Crippen LogP contribution in [0.1, 0.15) is 33.6 Å². The number of Topliss-reactive ketones (excluding diaryl/α,β-unsaturated/α-hetero) is 1. The van der Waals surface area contributed by atoms with E-state index in [1.165, 1.54) is 0 Å². The molecule has 0 radical (unpaired) electrons. The Morgan fingerprint density at radius 1 is 1.33 bits per heavy atom. The fraction of sp³-hybridized carbons (Fsp3) is 0.481. The molecule has 33 heavy (non-hydrogen) atoms. The molecule has 1 saturated heterocycles. The first-order chi connectivity index (χ1) is 15.8. The summed E-state index contributed by atoms with van der Waals surface area (Å²) in [5.41, 5.74) is 8.49. The first-order valence-corrected chi connectivity index (χ1v) is 12.6. The third-order valence-electron chi connectivity index (χ3n) is 6.43. The van der Waals surface area contributed by atoms with Crippen molar-refractivity contribution in [1.29, 1.82) is 5.26 Å². The van der Waals surface area contributed by atoms with Gasteiger partial charge in [0.25, 0.3) is 0 Å². The number of hydrogen-bond donors (Lipinski definition) is 1. The number of ether oxygens (including phenoxy) is 1. The molecule has 1 fully saturated rings. The topological polar surface area (TPSA) is 79.3 Å². The molecular weight excluding hydrogens is 478 g/mol. The summed E-state index contributed by atoms with van der Waals surface area (Å²) in [5.74, 6) is -0.205. The average Bonchev–Trinajstić information content (AvgIpc) is 3.11. The van der Waals surface area contributed by atoms with Crippen molar-refractivity contribution in [2.75, 3.05) is 31.6 Å².